The van der Waals surface area contributed by atoms with E-state index in [1.165, 1.54) is 0 Å². The van der Waals surface area contributed by atoms with Crippen LogP contribution in [0.25, 0.3) is 10.9 Å². The molecule has 0 unspecified atom stereocenters. The van der Waals surface area contributed by atoms with Gasteiger partial charge in [0.05, 0.1) is 17.1 Å². The predicted molar refractivity (Wildman–Crippen MR) is 82.2 cm³/mol. The topological polar surface area (TPSA) is 45.9 Å². The highest BCUT2D eigenvalue weighted by Crippen LogP contribution is 2.26. The second-order valence-electron chi connectivity index (χ2n) is 4.53. The molecule has 0 spiro atoms. The second kappa shape index (κ2) is 5.82. The average Bonchev–Trinajstić information content (AvgIpc) is 2.53. The molecule has 0 saturated carbocycles. The van der Waals surface area contributed by atoms with E-state index in [9.17, 15) is 0 Å². The number of nitriles is 1. The Balaban J connectivity index is 1.86. The SMILES string of the molecule is N#Cc1ccc(COc2cccc3ncccc23)c(Cl)c1. The maximum Gasteiger partial charge on any atom is 0.129 e. The Morgan fingerprint density at radius 3 is 2.86 bits per heavy atom. The second-order valence-corrected chi connectivity index (χ2v) is 4.94. The van der Waals surface area contributed by atoms with Gasteiger partial charge in [0.1, 0.15) is 12.4 Å². The monoisotopic (exact) mass is 294 g/mol. The average molecular weight is 295 g/mol. The predicted octanol–water partition coefficient (Wildman–Crippen LogP) is 4.34. The molecule has 102 valence electrons. The third-order valence-electron chi connectivity index (χ3n) is 3.17. The number of pyridine rings is 1. The van der Waals surface area contributed by atoms with Gasteiger partial charge in [-0.15, -0.1) is 0 Å². The van der Waals surface area contributed by atoms with Crippen molar-refractivity contribution in [1.82, 2.24) is 4.98 Å². The van der Waals surface area contributed by atoms with Crippen LogP contribution in [0.3, 0.4) is 0 Å². The number of halogens is 1. The minimum absolute atomic E-state index is 0.346. The Morgan fingerprint density at radius 1 is 1.14 bits per heavy atom. The summed E-state index contributed by atoms with van der Waals surface area (Å²) in [5.41, 5.74) is 2.27. The Labute approximate surface area is 127 Å². The van der Waals surface area contributed by atoms with Gasteiger partial charge < -0.3 is 4.74 Å². The summed E-state index contributed by atoms with van der Waals surface area (Å²) in [6.45, 7) is 0.346. The zero-order valence-corrected chi connectivity index (χ0v) is 11.8. The van der Waals surface area contributed by atoms with E-state index in [2.05, 4.69) is 11.1 Å². The van der Waals surface area contributed by atoms with Crippen LogP contribution >= 0.6 is 11.6 Å². The molecule has 0 atom stereocenters. The number of aromatic nitrogens is 1. The minimum atomic E-state index is 0.346. The van der Waals surface area contributed by atoms with Gasteiger partial charge in [-0.1, -0.05) is 23.7 Å². The summed E-state index contributed by atoms with van der Waals surface area (Å²) in [6.07, 6.45) is 1.75. The fraction of sp³-hybridized carbons (Fsp3) is 0.0588. The van der Waals surface area contributed by atoms with Crippen LogP contribution in [-0.2, 0) is 6.61 Å². The fourth-order valence-corrected chi connectivity index (χ4v) is 2.33. The highest BCUT2D eigenvalue weighted by atomic mass is 35.5. The van der Waals surface area contributed by atoms with Gasteiger partial charge in [-0.2, -0.15) is 5.26 Å². The van der Waals surface area contributed by atoms with Crippen LogP contribution in [-0.4, -0.2) is 4.98 Å². The van der Waals surface area contributed by atoms with E-state index in [1.54, 1.807) is 18.3 Å². The van der Waals surface area contributed by atoms with Gasteiger partial charge in [0, 0.05) is 22.2 Å². The molecule has 0 saturated heterocycles. The summed E-state index contributed by atoms with van der Waals surface area (Å²) in [6, 6.07) is 16.8. The molecule has 0 N–H and O–H groups in total. The third-order valence-corrected chi connectivity index (χ3v) is 3.52. The number of fused-ring (bicyclic) bond motifs is 1. The van der Waals surface area contributed by atoms with E-state index in [4.69, 9.17) is 21.6 Å². The molecule has 0 aliphatic carbocycles. The standard InChI is InChI=1S/C17H11ClN2O/c18-15-9-12(10-19)6-7-13(15)11-21-17-5-1-4-16-14(17)3-2-8-20-16/h1-9H,11H2. The van der Waals surface area contributed by atoms with Crippen molar-refractivity contribution in [3.05, 3.63) is 70.9 Å². The van der Waals surface area contributed by atoms with Gasteiger partial charge in [-0.05, 0) is 36.4 Å². The lowest BCUT2D eigenvalue weighted by atomic mass is 10.1. The molecular weight excluding hydrogens is 284 g/mol. The van der Waals surface area contributed by atoms with E-state index in [1.807, 2.05) is 36.4 Å². The van der Waals surface area contributed by atoms with E-state index >= 15 is 0 Å². The molecule has 3 aromatic rings. The van der Waals surface area contributed by atoms with E-state index in [0.717, 1.165) is 22.2 Å². The fourth-order valence-electron chi connectivity index (χ4n) is 2.09. The van der Waals surface area contributed by atoms with Crippen LogP contribution in [0.4, 0.5) is 0 Å². The zero-order valence-electron chi connectivity index (χ0n) is 11.1. The van der Waals surface area contributed by atoms with Gasteiger partial charge in [0.15, 0.2) is 0 Å². The summed E-state index contributed by atoms with van der Waals surface area (Å²) in [7, 11) is 0. The lowest BCUT2D eigenvalue weighted by molar-refractivity contribution is 0.310. The number of rotatable bonds is 3. The van der Waals surface area contributed by atoms with Crippen LogP contribution < -0.4 is 4.74 Å². The van der Waals surface area contributed by atoms with Crippen LogP contribution in [0.1, 0.15) is 11.1 Å². The van der Waals surface area contributed by atoms with Crippen molar-refractivity contribution in [3.8, 4) is 11.8 Å². The van der Waals surface area contributed by atoms with Crippen LogP contribution in [0.5, 0.6) is 5.75 Å². The van der Waals surface area contributed by atoms with Crippen molar-refractivity contribution in [2.75, 3.05) is 0 Å². The van der Waals surface area contributed by atoms with Crippen molar-refractivity contribution in [1.29, 1.82) is 5.26 Å². The van der Waals surface area contributed by atoms with Gasteiger partial charge in [-0.25, -0.2) is 0 Å². The first-order chi connectivity index (χ1) is 10.3. The molecule has 0 amide bonds. The number of hydrogen-bond donors (Lipinski definition) is 0. The van der Waals surface area contributed by atoms with E-state index < -0.39 is 0 Å². The molecule has 0 aliphatic rings. The lowest BCUT2D eigenvalue weighted by Crippen LogP contribution is -1.97. The Morgan fingerprint density at radius 2 is 2.05 bits per heavy atom. The van der Waals surface area contributed by atoms with Crippen LogP contribution in [0.15, 0.2) is 54.7 Å². The highest BCUT2D eigenvalue weighted by molar-refractivity contribution is 6.31. The normalized spacial score (nSPS) is 10.3. The summed E-state index contributed by atoms with van der Waals surface area (Å²) in [4.78, 5) is 4.29. The van der Waals surface area contributed by atoms with Crippen molar-refractivity contribution in [3.63, 3.8) is 0 Å². The first kappa shape index (κ1) is 13.4. The molecular formula is C17H11ClN2O. The van der Waals surface area contributed by atoms with E-state index in [-0.39, 0.29) is 0 Å². The molecule has 3 nitrogen and oxygen atoms in total. The zero-order chi connectivity index (χ0) is 14.7. The highest BCUT2D eigenvalue weighted by Gasteiger charge is 2.06. The maximum atomic E-state index is 8.83. The first-order valence-corrected chi connectivity index (χ1v) is 6.81. The third kappa shape index (κ3) is 2.81. The Kier molecular flexibility index (Phi) is 3.72. The van der Waals surface area contributed by atoms with Crippen molar-refractivity contribution < 1.29 is 4.74 Å². The largest absolute Gasteiger partial charge is 0.488 e. The first-order valence-electron chi connectivity index (χ1n) is 6.43. The molecule has 21 heavy (non-hydrogen) atoms. The van der Waals surface area contributed by atoms with Gasteiger partial charge in [0.25, 0.3) is 0 Å². The van der Waals surface area contributed by atoms with Crippen LogP contribution in [0.2, 0.25) is 5.02 Å². The Hall–Kier alpha value is -2.57. The molecule has 4 heteroatoms. The molecule has 1 heterocycles. The van der Waals surface area contributed by atoms with Gasteiger partial charge in [-0.3, -0.25) is 4.98 Å². The number of hydrogen-bond acceptors (Lipinski definition) is 3. The van der Waals surface area contributed by atoms with Gasteiger partial charge >= 0.3 is 0 Å². The van der Waals surface area contributed by atoms with Crippen molar-refractivity contribution in [2.24, 2.45) is 0 Å². The summed E-state index contributed by atoms with van der Waals surface area (Å²) in [5, 5.41) is 10.3. The molecule has 0 fully saturated rings. The molecule has 0 aliphatic heterocycles. The number of benzene rings is 2. The van der Waals surface area contributed by atoms with Crippen molar-refractivity contribution >= 4 is 22.5 Å². The smallest absolute Gasteiger partial charge is 0.129 e. The number of nitrogens with zero attached hydrogens (tertiary/aromatic N) is 2. The molecule has 1 aromatic heterocycles. The molecule has 0 bridgehead atoms. The van der Waals surface area contributed by atoms with Gasteiger partial charge in [0.2, 0.25) is 0 Å². The maximum absolute atomic E-state index is 8.83. The molecule has 0 radical (unpaired) electrons. The van der Waals surface area contributed by atoms with Crippen LogP contribution in [0, 0.1) is 11.3 Å². The summed E-state index contributed by atoms with van der Waals surface area (Å²) >= 11 is 6.15. The quantitative estimate of drug-likeness (QED) is 0.722. The summed E-state index contributed by atoms with van der Waals surface area (Å²) < 4.78 is 5.85. The minimum Gasteiger partial charge on any atom is -0.488 e. The Bertz CT molecular complexity index is 834. The van der Waals surface area contributed by atoms with Crippen molar-refractivity contribution in [2.45, 2.75) is 6.61 Å². The lowest BCUT2D eigenvalue weighted by Gasteiger charge is -2.10. The molecule has 2 aromatic carbocycles. The summed E-state index contributed by atoms with van der Waals surface area (Å²) in [5.74, 6) is 0.765. The van der Waals surface area contributed by atoms with E-state index in [0.29, 0.717) is 17.2 Å². The molecule has 3 rings (SSSR count). The number of ether oxygens (including phenoxy) is 1.